The summed E-state index contributed by atoms with van der Waals surface area (Å²) in [7, 11) is 0. The second-order valence-corrected chi connectivity index (χ2v) is 5.02. The molecule has 19 heavy (non-hydrogen) atoms. The number of carbonyl (C=O) groups excluding carboxylic acids is 1. The van der Waals surface area contributed by atoms with Gasteiger partial charge in [0.15, 0.2) is 0 Å². The summed E-state index contributed by atoms with van der Waals surface area (Å²) in [4.78, 5) is 15.7. The van der Waals surface area contributed by atoms with Crippen molar-refractivity contribution in [2.45, 2.75) is 20.8 Å². The van der Waals surface area contributed by atoms with Crippen molar-refractivity contribution in [2.24, 2.45) is 5.92 Å². The van der Waals surface area contributed by atoms with Crippen molar-refractivity contribution in [3.63, 3.8) is 0 Å². The summed E-state index contributed by atoms with van der Waals surface area (Å²) in [5.41, 5.74) is 1.67. The molecule has 1 aromatic carbocycles. The van der Waals surface area contributed by atoms with Gasteiger partial charge < -0.3 is 10.6 Å². The molecule has 0 spiro atoms. The first-order valence-electron chi connectivity index (χ1n) is 6.47. The lowest BCUT2D eigenvalue weighted by Crippen LogP contribution is -2.09. The number of aromatic nitrogens is 1. The fourth-order valence-corrected chi connectivity index (χ4v) is 1.86. The van der Waals surface area contributed by atoms with Gasteiger partial charge in [-0.1, -0.05) is 19.9 Å². The van der Waals surface area contributed by atoms with E-state index in [1.807, 2.05) is 30.3 Å². The summed E-state index contributed by atoms with van der Waals surface area (Å²) >= 11 is 0. The number of nitrogens with zero attached hydrogens (tertiary/aromatic N) is 1. The Morgan fingerprint density at radius 3 is 2.74 bits per heavy atom. The molecule has 0 bridgehead atoms. The zero-order valence-electron chi connectivity index (χ0n) is 11.5. The topological polar surface area (TPSA) is 54.0 Å². The van der Waals surface area contributed by atoms with E-state index in [9.17, 15) is 4.79 Å². The van der Waals surface area contributed by atoms with Crippen LogP contribution in [0.15, 0.2) is 30.3 Å². The van der Waals surface area contributed by atoms with Gasteiger partial charge in [0, 0.05) is 18.9 Å². The van der Waals surface area contributed by atoms with Crippen molar-refractivity contribution in [2.75, 3.05) is 17.2 Å². The number of hydrogen-bond donors (Lipinski definition) is 2. The minimum absolute atomic E-state index is 0.0745. The Hall–Kier alpha value is -2.10. The molecule has 0 atom stereocenters. The van der Waals surface area contributed by atoms with Crippen molar-refractivity contribution >= 4 is 28.3 Å². The summed E-state index contributed by atoms with van der Waals surface area (Å²) in [6, 6.07) is 9.65. The average Bonchev–Trinajstić information content (AvgIpc) is 2.35. The number of benzene rings is 1. The van der Waals surface area contributed by atoms with Gasteiger partial charge in [-0.15, -0.1) is 0 Å². The van der Waals surface area contributed by atoms with E-state index in [4.69, 9.17) is 0 Å². The molecule has 0 saturated heterocycles. The quantitative estimate of drug-likeness (QED) is 0.884. The van der Waals surface area contributed by atoms with E-state index >= 15 is 0 Å². The van der Waals surface area contributed by atoms with Gasteiger partial charge in [-0.05, 0) is 30.2 Å². The molecule has 0 saturated carbocycles. The van der Waals surface area contributed by atoms with Gasteiger partial charge in [0.2, 0.25) is 5.91 Å². The van der Waals surface area contributed by atoms with Crippen molar-refractivity contribution in [1.82, 2.24) is 4.98 Å². The molecular weight excluding hydrogens is 238 g/mol. The van der Waals surface area contributed by atoms with E-state index in [0.717, 1.165) is 29.0 Å². The predicted molar refractivity (Wildman–Crippen MR) is 79.4 cm³/mol. The van der Waals surface area contributed by atoms with E-state index in [1.54, 1.807) is 0 Å². The summed E-state index contributed by atoms with van der Waals surface area (Å²) in [6.45, 7) is 6.71. The number of rotatable bonds is 4. The van der Waals surface area contributed by atoms with Crippen LogP contribution in [0.1, 0.15) is 20.8 Å². The molecular formula is C15H19N3O. The van der Waals surface area contributed by atoms with Gasteiger partial charge in [-0.2, -0.15) is 0 Å². The zero-order valence-corrected chi connectivity index (χ0v) is 11.5. The molecule has 4 nitrogen and oxygen atoms in total. The number of hydrogen-bond acceptors (Lipinski definition) is 3. The normalized spacial score (nSPS) is 10.7. The highest BCUT2D eigenvalue weighted by Gasteiger charge is 2.04. The van der Waals surface area contributed by atoms with Gasteiger partial charge in [0.1, 0.15) is 5.82 Å². The first-order chi connectivity index (χ1) is 9.06. The molecule has 100 valence electrons. The number of fused-ring (bicyclic) bond motifs is 1. The van der Waals surface area contributed by atoms with Crippen molar-refractivity contribution in [1.29, 1.82) is 0 Å². The molecule has 1 aromatic heterocycles. The highest BCUT2D eigenvalue weighted by molar-refractivity contribution is 6.00. The molecule has 0 aliphatic carbocycles. The van der Waals surface area contributed by atoms with E-state index in [-0.39, 0.29) is 5.91 Å². The van der Waals surface area contributed by atoms with E-state index < -0.39 is 0 Å². The largest absolute Gasteiger partial charge is 0.370 e. The fourth-order valence-electron chi connectivity index (χ4n) is 1.86. The maximum absolute atomic E-state index is 11.2. The fraction of sp³-hybridized carbons (Fsp3) is 0.333. The molecule has 2 rings (SSSR count). The lowest BCUT2D eigenvalue weighted by molar-refractivity contribution is -0.114. The highest BCUT2D eigenvalue weighted by atomic mass is 16.1. The predicted octanol–water partition coefficient (Wildman–Crippen LogP) is 3.26. The standard InChI is InChI=1S/C15H19N3O/c1-10(2)9-16-15-8-7-12-13(17-11(3)19)5-4-6-14(12)18-15/h4-8,10H,9H2,1-3H3,(H,16,18)(H,17,19). The molecule has 1 heterocycles. The smallest absolute Gasteiger partial charge is 0.221 e. The summed E-state index contributed by atoms with van der Waals surface area (Å²) in [5.74, 6) is 1.36. The van der Waals surface area contributed by atoms with Crippen LogP contribution in [0.2, 0.25) is 0 Å². The lowest BCUT2D eigenvalue weighted by Gasteiger charge is -2.10. The van der Waals surface area contributed by atoms with Crippen LogP contribution in [0.3, 0.4) is 0 Å². The molecule has 0 aliphatic rings. The molecule has 0 unspecified atom stereocenters. The molecule has 0 radical (unpaired) electrons. The van der Waals surface area contributed by atoms with Gasteiger partial charge in [0.05, 0.1) is 11.2 Å². The van der Waals surface area contributed by atoms with Crippen LogP contribution in [-0.2, 0) is 4.79 Å². The molecule has 1 amide bonds. The molecule has 2 aromatic rings. The highest BCUT2D eigenvalue weighted by Crippen LogP contribution is 2.23. The lowest BCUT2D eigenvalue weighted by atomic mass is 10.1. The number of anilines is 2. The molecule has 4 heteroatoms. The number of carbonyl (C=O) groups is 1. The summed E-state index contributed by atoms with van der Waals surface area (Å²) in [5, 5.41) is 7.07. The van der Waals surface area contributed by atoms with Crippen LogP contribution < -0.4 is 10.6 Å². The van der Waals surface area contributed by atoms with Crippen molar-refractivity contribution < 1.29 is 4.79 Å². The van der Waals surface area contributed by atoms with E-state index in [2.05, 4.69) is 29.5 Å². The van der Waals surface area contributed by atoms with E-state index in [0.29, 0.717) is 5.92 Å². The minimum Gasteiger partial charge on any atom is -0.370 e. The Morgan fingerprint density at radius 1 is 1.26 bits per heavy atom. The number of nitrogens with one attached hydrogen (secondary N) is 2. The number of pyridine rings is 1. The Labute approximate surface area is 113 Å². The Balaban J connectivity index is 2.31. The van der Waals surface area contributed by atoms with Crippen LogP contribution in [0, 0.1) is 5.92 Å². The van der Waals surface area contributed by atoms with Crippen molar-refractivity contribution in [3.8, 4) is 0 Å². The Bertz CT molecular complexity index is 593. The van der Waals surface area contributed by atoms with Gasteiger partial charge in [0.25, 0.3) is 0 Å². The van der Waals surface area contributed by atoms with Gasteiger partial charge >= 0.3 is 0 Å². The maximum Gasteiger partial charge on any atom is 0.221 e. The zero-order chi connectivity index (χ0) is 13.8. The van der Waals surface area contributed by atoms with Crippen LogP contribution >= 0.6 is 0 Å². The van der Waals surface area contributed by atoms with Crippen LogP contribution in [-0.4, -0.2) is 17.4 Å². The molecule has 2 N–H and O–H groups in total. The Kier molecular flexibility index (Phi) is 4.00. The van der Waals surface area contributed by atoms with Gasteiger partial charge in [-0.25, -0.2) is 4.98 Å². The second kappa shape index (κ2) is 5.69. The molecule has 0 fully saturated rings. The SMILES string of the molecule is CC(=O)Nc1cccc2nc(NCC(C)C)ccc12. The number of amides is 1. The monoisotopic (exact) mass is 257 g/mol. The Morgan fingerprint density at radius 2 is 2.05 bits per heavy atom. The van der Waals surface area contributed by atoms with E-state index in [1.165, 1.54) is 6.92 Å². The third-order valence-electron chi connectivity index (χ3n) is 2.73. The maximum atomic E-state index is 11.2. The first-order valence-corrected chi connectivity index (χ1v) is 6.47. The first kappa shape index (κ1) is 13.3. The third-order valence-corrected chi connectivity index (χ3v) is 2.73. The second-order valence-electron chi connectivity index (χ2n) is 5.02. The van der Waals surface area contributed by atoms with Crippen molar-refractivity contribution in [3.05, 3.63) is 30.3 Å². The third kappa shape index (κ3) is 3.44. The summed E-state index contributed by atoms with van der Waals surface area (Å²) < 4.78 is 0. The minimum atomic E-state index is -0.0745. The van der Waals surface area contributed by atoms with Crippen LogP contribution in [0.5, 0.6) is 0 Å². The van der Waals surface area contributed by atoms with Crippen LogP contribution in [0.4, 0.5) is 11.5 Å². The summed E-state index contributed by atoms with van der Waals surface area (Å²) in [6.07, 6.45) is 0. The van der Waals surface area contributed by atoms with Crippen LogP contribution in [0.25, 0.3) is 10.9 Å². The average molecular weight is 257 g/mol. The van der Waals surface area contributed by atoms with Gasteiger partial charge in [-0.3, -0.25) is 4.79 Å². The molecule has 0 aliphatic heterocycles.